The monoisotopic (exact) mass is 397 g/mol. The molecule has 2 aromatic rings. The molecule has 0 saturated heterocycles. The average Bonchev–Trinajstić information content (AvgIpc) is 2.75. The minimum atomic E-state index is -0.451. The minimum absolute atomic E-state index is 0.0267. The Morgan fingerprint density at radius 2 is 1.66 bits per heavy atom. The van der Waals surface area contributed by atoms with E-state index in [9.17, 15) is 14.4 Å². The number of nitrogens with one attached hydrogen (secondary N) is 3. The Hall–Kier alpha value is -3.35. The molecule has 0 atom stereocenters. The molecule has 29 heavy (non-hydrogen) atoms. The van der Waals surface area contributed by atoms with E-state index in [2.05, 4.69) is 23.1 Å². The van der Waals surface area contributed by atoms with Crippen molar-refractivity contribution in [2.75, 3.05) is 6.61 Å². The van der Waals surface area contributed by atoms with Crippen LogP contribution in [0.5, 0.6) is 5.75 Å². The maximum atomic E-state index is 12.2. The SMILES string of the molecule is CCCCOc1cccc(C(=O)NNC(=O)CCC(=O)NCc2ccccc2)c1. The van der Waals surface area contributed by atoms with Crippen molar-refractivity contribution in [3.05, 3.63) is 65.7 Å². The highest BCUT2D eigenvalue weighted by Crippen LogP contribution is 2.13. The summed E-state index contributed by atoms with van der Waals surface area (Å²) in [7, 11) is 0. The van der Waals surface area contributed by atoms with E-state index in [0.29, 0.717) is 24.5 Å². The first-order chi connectivity index (χ1) is 14.1. The highest BCUT2D eigenvalue weighted by atomic mass is 16.5. The smallest absolute Gasteiger partial charge is 0.269 e. The fourth-order valence-corrected chi connectivity index (χ4v) is 2.43. The van der Waals surface area contributed by atoms with E-state index in [1.165, 1.54) is 0 Å². The molecule has 0 radical (unpaired) electrons. The normalized spacial score (nSPS) is 10.1. The van der Waals surface area contributed by atoms with Gasteiger partial charge in [-0.1, -0.05) is 49.7 Å². The Bertz CT molecular complexity index is 809. The average molecular weight is 397 g/mol. The lowest BCUT2D eigenvalue weighted by molar-refractivity contribution is -0.126. The van der Waals surface area contributed by atoms with Gasteiger partial charge in [0.1, 0.15) is 5.75 Å². The summed E-state index contributed by atoms with van der Waals surface area (Å²) in [5.74, 6) is -0.517. The van der Waals surface area contributed by atoms with Gasteiger partial charge in [-0.2, -0.15) is 0 Å². The molecule has 3 amide bonds. The summed E-state index contributed by atoms with van der Waals surface area (Å²) in [6, 6.07) is 16.3. The third-order valence-electron chi connectivity index (χ3n) is 4.09. The maximum absolute atomic E-state index is 12.2. The summed E-state index contributed by atoms with van der Waals surface area (Å²) in [6.07, 6.45) is 1.97. The van der Waals surface area contributed by atoms with Gasteiger partial charge in [0.25, 0.3) is 5.91 Å². The van der Waals surface area contributed by atoms with Crippen LogP contribution in [0.25, 0.3) is 0 Å². The van der Waals surface area contributed by atoms with Crippen LogP contribution >= 0.6 is 0 Å². The Balaban J connectivity index is 1.68. The number of hydrogen-bond donors (Lipinski definition) is 3. The number of carbonyl (C=O) groups is 3. The van der Waals surface area contributed by atoms with Crippen molar-refractivity contribution in [1.29, 1.82) is 0 Å². The third-order valence-corrected chi connectivity index (χ3v) is 4.09. The molecule has 0 fully saturated rings. The standard InChI is InChI=1S/C22H27N3O4/c1-2-3-14-29-19-11-7-10-18(15-19)22(28)25-24-21(27)13-12-20(26)23-16-17-8-5-4-6-9-17/h4-11,15H,2-3,12-14,16H2,1H3,(H,23,26)(H,24,27)(H,25,28). The summed E-state index contributed by atoms with van der Waals surface area (Å²) in [4.78, 5) is 35.9. The predicted molar refractivity (Wildman–Crippen MR) is 110 cm³/mol. The van der Waals surface area contributed by atoms with E-state index in [1.54, 1.807) is 24.3 Å². The first-order valence-electron chi connectivity index (χ1n) is 9.71. The molecular weight excluding hydrogens is 370 g/mol. The lowest BCUT2D eigenvalue weighted by atomic mass is 10.2. The molecule has 2 aromatic carbocycles. The lowest BCUT2D eigenvalue weighted by Crippen LogP contribution is -2.42. The molecule has 0 spiro atoms. The second-order valence-electron chi connectivity index (χ2n) is 6.49. The molecule has 0 aliphatic heterocycles. The number of unbranched alkanes of at least 4 members (excludes halogenated alkanes) is 1. The van der Waals surface area contributed by atoms with Gasteiger partial charge in [0.15, 0.2) is 0 Å². The van der Waals surface area contributed by atoms with Crippen LogP contribution in [0.2, 0.25) is 0 Å². The fraction of sp³-hybridized carbons (Fsp3) is 0.318. The van der Waals surface area contributed by atoms with Gasteiger partial charge in [-0.05, 0) is 30.2 Å². The number of hydrogen-bond acceptors (Lipinski definition) is 4. The fourth-order valence-electron chi connectivity index (χ4n) is 2.43. The van der Waals surface area contributed by atoms with E-state index in [-0.39, 0.29) is 18.7 Å². The summed E-state index contributed by atoms with van der Waals surface area (Å²) in [6.45, 7) is 3.07. The van der Waals surface area contributed by atoms with Crippen molar-refractivity contribution in [3.8, 4) is 5.75 Å². The van der Waals surface area contributed by atoms with Crippen LogP contribution in [-0.4, -0.2) is 24.3 Å². The molecule has 7 nitrogen and oxygen atoms in total. The van der Waals surface area contributed by atoms with Crippen molar-refractivity contribution in [2.45, 2.75) is 39.2 Å². The maximum Gasteiger partial charge on any atom is 0.269 e. The van der Waals surface area contributed by atoms with Crippen molar-refractivity contribution < 1.29 is 19.1 Å². The van der Waals surface area contributed by atoms with Gasteiger partial charge < -0.3 is 10.1 Å². The Labute approximate surface area is 170 Å². The van der Waals surface area contributed by atoms with Gasteiger partial charge in [0.05, 0.1) is 6.61 Å². The minimum Gasteiger partial charge on any atom is -0.494 e. The molecule has 7 heteroatoms. The van der Waals surface area contributed by atoms with E-state index >= 15 is 0 Å². The number of rotatable bonds is 10. The number of amides is 3. The molecule has 154 valence electrons. The second kappa shape index (κ2) is 12.2. The summed E-state index contributed by atoms with van der Waals surface area (Å²) < 4.78 is 5.57. The van der Waals surface area contributed by atoms with Crippen LogP contribution in [0.15, 0.2) is 54.6 Å². The zero-order valence-corrected chi connectivity index (χ0v) is 16.6. The lowest BCUT2D eigenvalue weighted by Gasteiger charge is -2.10. The quantitative estimate of drug-likeness (QED) is 0.424. The van der Waals surface area contributed by atoms with Gasteiger partial charge in [-0.25, -0.2) is 0 Å². The number of carbonyl (C=O) groups excluding carboxylic acids is 3. The molecule has 0 bridgehead atoms. The van der Waals surface area contributed by atoms with Gasteiger partial charge >= 0.3 is 0 Å². The van der Waals surface area contributed by atoms with Crippen LogP contribution in [0.4, 0.5) is 0 Å². The van der Waals surface area contributed by atoms with E-state index in [0.717, 1.165) is 18.4 Å². The Morgan fingerprint density at radius 1 is 0.897 bits per heavy atom. The zero-order valence-electron chi connectivity index (χ0n) is 16.6. The number of benzene rings is 2. The zero-order chi connectivity index (χ0) is 20.9. The van der Waals surface area contributed by atoms with Crippen molar-refractivity contribution >= 4 is 17.7 Å². The van der Waals surface area contributed by atoms with Crippen LogP contribution < -0.4 is 20.9 Å². The summed E-state index contributed by atoms with van der Waals surface area (Å²) in [5.41, 5.74) is 6.03. The first-order valence-corrected chi connectivity index (χ1v) is 9.71. The predicted octanol–water partition coefficient (Wildman–Crippen LogP) is 2.72. The highest BCUT2D eigenvalue weighted by molar-refractivity contribution is 5.96. The van der Waals surface area contributed by atoms with Gasteiger partial charge in [0, 0.05) is 24.9 Å². The van der Waals surface area contributed by atoms with Crippen molar-refractivity contribution in [3.63, 3.8) is 0 Å². The number of hydrazine groups is 1. The Kier molecular flexibility index (Phi) is 9.21. The Morgan fingerprint density at radius 3 is 2.41 bits per heavy atom. The van der Waals surface area contributed by atoms with E-state index in [1.807, 2.05) is 30.3 Å². The highest BCUT2D eigenvalue weighted by Gasteiger charge is 2.10. The van der Waals surface area contributed by atoms with Crippen LogP contribution in [0, 0.1) is 0 Å². The molecule has 3 N–H and O–H groups in total. The van der Waals surface area contributed by atoms with Gasteiger partial charge in [0.2, 0.25) is 11.8 Å². The molecular formula is C22H27N3O4. The molecule has 0 aliphatic carbocycles. The summed E-state index contributed by atoms with van der Waals surface area (Å²) in [5, 5.41) is 2.75. The van der Waals surface area contributed by atoms with E-state index < -0.39 is 11.8 Å². The van der Waals surface area contributed by atoms with Crippen LogP contribution in [0.3, 0.4) is 0 Å². The largest absolute Gasteiger partial charge is 0.494 e. The third kappa shape index (κ3) is 8.47. The molecule has 0 unspecified atom stereocenters. The van der Waals surface area contributed by atoms with Gasteiger partial charge in [-0.15, -0.1) is 0 Å². The molecule has 0 aliphatic rings. The number of ether oxygens (including phenoxy) is 1. The van der Waals surface area contributed by atoms with E-state index in [4.69, 9.17) is 4.74 Å². The van der Waals surface area contributed by atoms with Crippen LogP contribution in [-0.2, 0) is 16.1 Å². The van der Waals surface area contributed by atoms with Gasteiger partial charge in [-0.3, -0.25) is 25.2 Å². The molecule has 0 saturated carbocycles. The first kappa shape index (κ1) is 21.9. The van der Waals surface area contributed by atoms with Crippen molar-refractivity contribution in [2.24, 2.45) is 0 Å². The molecule has 2 rings (SSSR count). The van der Waals surface area contributed by atoms with Crippen molar-refractivity contribution in [1.82, 2.24) is 16.2 Å². The van der Waals surface area contributed by atoms with Crippen LogP contribution in [0.1, 0.15) is 48.5 Å². The topological polar surface area (TPSA) is 96.5 Å². The molecule has 0 heterocycles. The molecule has 0 aromatic heterocycles. The second-order valence-corrected chi connectivity index (χ2v) is 6.49. The summed E-state index contributed by atoms with van der Waals surface area (Å²) >= 11 is 0.